The van der Waals surface area contributed by atoms with Gasteiger partial charge in [0.15, 0.2) is 0 Å². The van der Waals surface area contributed by atoms with Crippen LogP contribution in [0.15, 0.2) is 35.1 Å². The molecular weight excluding hydrogens is 256 g/mol. The van der Waals surface area contributed by atoms with Gasteiger partial charge in [0, 0.05) is 6.07 Å². The first-order valence-corrected chi connectivity index (χ1v) is 6.68. The zero-order valence-corrected chi connectivity index (χ0v) is 11.7. The van der Waals surface area contributed by atoms with Gasteiger partial charge in [-0.2, -0.15) is 0 Å². The van der Waals surface area contributed by atoms with Crippen LogP contribution < -0.4 is 5.56 Å². The zero-order valence-electron chi connectivity index (χ0n) is 11.7. The van der Waals surface area contributed by atoms with Crippen LogP contribution in [0.25, 0.3) is 5.69 Å². The van der Waals surface area contributed by atoms with E-state index in [1.165, 1.54) is 10.7 Å². The van der Waals surface area contributed by atoms with Gasteiger partial charge in [-0.05, 0) is 25.5 Å². The molecule has 5 heteroatoms. The number of hydrogen-bond acceptors (Lipinski definition) is 3. The smallest absolute Gasteiger partial charge is 0.356 e. The third kappa shape index (κ3) is 3.17. The fourth-order valence-corrected chi connectivity index (χ4v) is 1.77. The zero-order chi connectivity index (χ0) is 14.5. The molecule has 0 spiro atoms. The summed E-state index contributed by atoms with van der Waals surface area (Å²) in [4.78, 5) is 23.6. The lowest BCUT2D eigenvalue weighted by Gasteiger charge is -2.03. The number of esters is 1. The molecule has 1 aromatic heterocycles. The van der Waals surface area contributed by atoms with Crippen molar-refractivity contribution in [1.82, 2.24) is 9.78 Å². The number of aromatic amines is 1. The quantitative estimate of drug-likeness (QED) is 0.672. The van der Waals surface area contributed by atoms with Gasteiger partial charge in [-0.1, -0.05) is 31.0 Å². The number of aryl methyl sites for hydroxylation is 1. The molecule has 0 bridgehead atoms. The van der Waals surface area contributed by atoms with E-state index in [1.54, 1.807) is 0 Å². The number of rotatable bonds is 5. The molecular formula is C15H18N2O3. The van der Waals surface area contributed by atoms with Crippen molar-refractivity contribution in [2.24, 2.45) is 0 Å². The number of H-pyrrole nitrogens is 1. The summed E-state index contributed by atoms with van der Waals surface area (Å²) >= 11 is 0. The summed E-state index contributed by atoms with van der Waals surface area (Å²) in [5.74, 6) is -0.499. The lowest BCUT2D eigenvalue weighted by Crippen LogP contribution is -2.13. The average Bonchev–Trinajstić information content (AvgIpc) is 2.82. The van der Waals surface area contributed by atoms with Crippen LogP contribution in [0.2, 0.25) is 0 Å². The SMILES string of the molecule is CCCCOC(=O)c1cc(=O)n(-c2ccc(C)cc2)[nH]1. The summed E-state index contributed by atoms with van der Waals surface area (Å²) in [6.07, 6.45) is 1.77. The van der Waals surface area contributed by atoms with Crippen molar-refractivity contribution in [3.63, 3.8) is 0 Å². The fraction of sp³-hybridized carbons (Fsp3) is 0.333. The summed E-state index contributed by atoms with van der Waals surface area (Å²) in [5, 5.41) is 2.77. The first kappa shape index (κ1) is 14.1. The van der Waals surface area contributed by atoms with Gasteiger partial charge in [-0.3, -0.25) is 9.89 Å². The molecule has 2 aromatic rings. The standard InChI is InChI=1S/C15H18N2O3/c1-3-4-9-20-15(19)13-10-14(18)17(16-13)12-7-5-11(2)6-8-12/h5-8,10,16H,3-4,9H2,1-2H3. The van der Waals surface area contributed by atoms with Gasteiger partial charge in [0.1, 0.15) is 5.69 Å². The molecule has 2 rings (SSSR count). The fourth-order valence-electron chi connectivity index (χ4n) is 1.77. The molecule has 5 nitrogen and oxygen atoms in total. The Labute approximate surface area is 117 Å². The molecule has 0 fully saturated rings. The maximum Gasteiger partial charge on any atom is 0.356 e. The van der Waals surface area contributed by atoms with Crippen molar-refractivity contribution in [3.05, 3.63) is 51.9 Å². The minimum atomic E-state index is -0.499. The van der Waals surface area contributed by atoms with Crippen LogP contribution in [0, 0.1) is 6.92 Å². The number of ether oxygens (including phenoxy) is 1. The van der Waals surface area contributed by atoms with Crippen molar-refractivity contribution in [3.8, 4) is 5.69 Å². The second-order valence-electron chi connectivity index (χ2n) is 4.67. The third-order valence-electron chi connectivity index (χ3n) is 2.96. The molecule has 20 heavy (non-hydrogen) atoms. The maximum absolute atomic E-state index is 11.9. The lowest BCUT2D eigenvalue weighted by atomic mass is 10.2. The number of unbranched alkanes of at least 4 members (excludes halogenated alkanes) is 1. The monoisotopic (exact) mass is 274 g/mol. The molecule has 1 N–H and O–H groups in total. The molecule has 0 aliphatic rings. The molecule has 106 valence electrons. The summed E-state index contributed by atoms with van der Waals surface area (Å²) in [6.45, 7) is 4.36. The van der Waals surface area contributed by atoms with Crippen molar-refractivity contribution < 1.29 is 9.53 Å². The van der Waals surface area contributed by atoms with Gasteiger partial charge in [-0.25, -0.2) is 9.48 Å². The summed E-state index contributed by atoms with van der Waals surface area (Å²) in [6, 6.07) is 8.71. The van der Waals surface area contributed by atoms with Gasteiger partial charge < -0.3 is 4.74 Å². The molecule has 0 aliphatic heterocycles. The molecule has 0 saturated heterocycles. The molecule has 0 radical (unpaired) electrons. The topological polar surface area (TPSA) is 64.1 Å². The maximum atomic E-state index is 11.9. The minimum absolute atomic E-state index is 0.173. The highest BCUT2D eigenvalue weighted by Crippen LogP contribution is 2.07. The molecule has 1 aromatic carbocycles. The Kier molecular flexibility index (Phi) is 4.40. The van der Waals surface area contributed by atoms with Crippen LogP contribution in [0.5, 0.6) is 0 Å². The molecule has 0 aliphatic carbocycles. The highest BCUT2D eigenvalue weighted by molar-refractivity contribution is 5.87. The van der Waals surface area contributed by atoms with Crippen molar-refractivity contribution in [2.45, 2.75) is 26.7 Å². The molecule has 0 saturated carbocycles. The van der Waals surface area contributed by atoms with E-state index in [9.17, 15) is 9.59 Å². The minimum Gasteiger partial charge on any atom is -0.461 e. The normalized spacial score (nSPS) is 10.5. The average molecular weight is 274 g/mol. The first-order chi connectivity index (χ1) is 9.61. The number of carbonyl (C=O) groups excluding carboxylic acids is 1. The van der Waals surface area contributed by atoms with Gasteiger partial charge in [-0.15, -0.1) is 0 Å². The third-order valence-corrected chi connectivity index (χ3v) is 2.96. The Morgan fingerprint density at radius 2 is 2.00 bits per heavy atom. The van der Waals surface area contributed by atoms with E-state index in [1.807, 2.05) is 38.1 Å². The Balaban J connectivity index is 2.19. The van der Waals surface area contributed by atoms with E-state index in [4.69, 9.17) is 4.74 Å². The molecule has 0 amide bonds. The summed E-state index contributed by atoms with van der Waals surface area (Å²) < 4.78 is 6.40. The van der Waals surface area contributed by atoms with Crippen molar-refractivity contribution in [1.29, 1.82) is 0 Å². The number of benzene rings is 1. The Bertz CT molecular complexity index is 638. The van der Waals surface area contributed by atoms with Gasteiger partial charge in [0.2, 0.25) is 0 Å². The van der Waals surface area contributed by atoms with Crippen LogP contribution in [0.3, 0.4) is 0 Å². The van der Waals surface area contributed by atoms with Crippen LogP contribution in [-0.4, -0.2) is 22.4 Å². The van der Waals surface area contributed by atoms with E-state index in [0.29, 0.717) is 12.3 Å². The van der Waals surface area contributed by atoms with Crippen LogP contribution in [0.1, 0.15) is 35.8 Å². The second-order valence-corrected chi connectivity index (χ2v) is 4.67. The number of carbonyl (C=O) groups is 1. The largest absolute Gasteiger partial charge is 0.461 e. The molecule has 0 atom stereocenters. The number of hydrogen-bond donors (Lipinski definition) is 1. The van der Waals surface area contributed by atoms with Gasteiger partial charge in [0.05, 0.1) is 12.3 Å². The molecule has 0 unspecified atom stereocenters. The number of nitrogens with zero attached hydrogens (tertiary/aromatic N) is 1. The number of aromatic nitrogens is 2. The van der Waals surface area contributed by atoms with Gasteiger partial charge in [0.25, 0.3) is 5.56 Å². The first-order valence-electron chi connectivity index (χ1n) is 6.68. The Hall–Kier alpha value is -2.30. The highest BCUT2D eigenvalue weighted by Gasteiger charge is 2.13. The van der Waals surface area contributed by atoms with Crippen LogP contribution in [-0.2, 0) is 4.74 Å². The van der Waals surface area contributed by atoms with Crippen LogP contribution in [0.4, 0.5) is 0 Å². The summed E-state index contributed by atoms with van der Waals surface area (Å²) in [7, 11) is 0. The van der Waals surface area contributed by atoms with E-state index < -0.39 is 5.97 Å². The molecule has 1 heterocycles. The van der Waals surface area contributed by atoms with Gasteiger partial charge >= 0.3 is 5.97 Å². The summed E-state index contributed by atoms with van der Waals surface area (Å²) in [5.41, 5.74) is 1.68. The van der Waals surface area contributed by atoms with E-state index in [-0.39, 0.29) is 11.3 Å². The number of nitrogens with one attached hydrogen (secondary N) is 1. The van der Waals surface area contributed by atoms with E-state index >= 15 is 0 Å². The predicted molar refractivity (Wildman–Crippen MR) is 76.3 cm³/mol. The highest BCUT2D eigenvalue weighted by atomic mass is 16.5. The Morgan fingerprint density at radius 1 is 1.30 bits per heavy atom. The van der Waals surface area contributed by atoms with E-state index in [2.05, 4.69) is 5.10 Å². The Morgan fingerprint density at radius 3 is 2.65 bits per heavy atom. The second kappa shape index (κ2) is 6.23. The predicted octanol–water partition coefficient (Wildman–Crippen LogP) is 2.43. The lowest BCUT2D eigenvalue weighted by molar-refractivity contribution is 0.0492. The van der Waals surface area contributed by atoms with Crippen molar-refractivity contribution in [2.75, 3.05) is 6.61 Å². The van der Waals surface area contributed by atoms with Crippen LogP contribution >= 0.6 is 0 Å². The van der Waals surface area contributed by atoms with E-state index in [0.717, 1.165) is 18.4 Å². The van der Waals surface area contributed by atoms with Crippen molar-refractivity contribution >= 4 is 5.97 Å².